The lowest BCUT2D eigenvalue weighted by molar-refractivity contribution is 0.637. The maximum atomic E-state index is 5.93. The van der Waals surface area contributed by atoms with Gasteiger partial charge < -0.3 is 5.32 Å². The molecule has 0 atom stereocenters. The van der Waals surface area contributed by atoms with E-state index in [9.17, 15) is 0 Å². The highest BCUT2D eigenvalue weighted by atomic mass is 35.5. The van der Waals surface area contributed by atoms with E-state index in [4.69, 9.17) is 23.2 Å². The Kier molecular flexibility index (Phi) is 3.90. The molecule has 2 rings (SSSR count). The highest BCUT2D eigenvalue weighted by molar-refractivity contribution is 6.42. The second-order valence-electron chi connectivity index (χ2n) is 4.15. The molecule has 0 radical (unpaired) electrons. The zero-order valence-corrected chi connectivity index (χ0v) is 10.1. The van der Waals surface area contributed by atoms with Gasteiger partial charge in [-0.1, -0.05) is 29.3 Å². The zero-order chi connectivity index (χ0) is 10.7. The Morgan fingerprint density at radius 3 is 2.67 bits per heavy atom. The van der Waals surface area contributed by atoms with Gasteiger partial charge in [0, 0.05) is 0 Å². The third kappa shape index (κ3) is 3.67. The topological polar surface area (TPSA) is 12.0 Å². The highest BCUT2D eigenvalue weighted by Crippen LogP contribution is 2.27. The molecule has 1 aliphatic rings. The van der Waals surface area contributed by atoms with Gasteiger partial charge in [-0.25, -0.2) is 0 Å². The summed E-state index contributed by atoms with van der Waals surface area (Å²) in [5.74, 6) is 0.943. The van der Waals surface area contributed by atoms with Gasteiger partial charge in [0.05, 0.1) is 10.0 Å². The van der Waals surface area contributed by atoms with Crippen molar-refractivity contribution >= 4 is 23.2 Å². The van der Waals surface area contributed by atoms with E-state index in [2.05, 4.69) is 5.32 Å². The Hall–Kier alpha value is -0.240. The normalized spacial score (nSPS) is 15.6. The number of hydrogen-bond donors (Lipinski definition) is 1. The first-order valence-corrected chi connectivity index (χ1v) is 6.16. The van der Waals surface area contributed by atoms with E-state index < -0.39 is 0 Å². The third-order valence-electron chi connectivity index (χ3n) is 2.70. The summed E-state index contributed by atoms with van der Waals surface area (Å²) in [6.07, 6.45) is 3.82. The fourth-order valence-electron chi connectivity index (χ4n) is 1.56. The molecule has 3 heteroatoms. The van der Waals surface area contributed by atoms with Crippen molar-refractivity contribution in [1.29, 1.82) is 0 Å². The number of nitrogens with one attached hydrogen (secondary N) is 1. The molecule has 0 saturated heterocycles. The summed E-state index contributed by atoms with van der Waals surface area (Å²) < 4.78 is 0. The molecule has 1 saturated carbocycles. The fraction of sp³-hybridized carbons (Fsp3) is 0.500. The van der Waals surface area contributed by atoms with Crippen LogP contribution in [-0.4, -0.2) is 13.1 Å². The predicted octanol–water partition coefficient (Wildman–Crippen LogP) is 3.54. The number of rotatable bonds is 5. The number of hydrogen-bond acceptors (Lipinski definition) is 1. The van der Waals surface area contributed by atoms with Crippen LogP contribution < -0.4 is 5.32 Å². The lowest BCUT2D eigenvalue weighted by Gasteiger charge is -2.04. The molecule has 0 spiro atoms. The first kappa shape index (κ1) is 11.3. The van der Waals surface area contributed by atoms with E-state index in [1.165, 1.54) is 24.9 Å². The second-order valence-corrected chi connectivity index (χ2v) is 4.96. The Morgan fingerprint density at radius 2 is 2.00 bits per heavy atom. The van der Waals surface area contributed by atoms with Crippen molar-refractivity contribution < 1.29 is 0 Å². The van der Waals surface area contributed by atoms with Crippen LogP contribution in [0.3, 0.4) is 0 Å². The van der Waals surface area contributed by atoms with Gasteiger partial charge in [0.2, 0.25) is 0 Å². The van der Waals surface area contributed by atoms with E-state index in [1.807, 2.05) is 18.2 Å². The minimum Gasteiger partial charge on any atom is -0.316 e. The number of halogens is 2. The SMILES string of the molecule is Clc1ccc(CCNCC2CC2)cc1Cl. The molecule has 1 nitrogen and oxygen atoms in total. The minimum atomic E-state index is 0.631. The van der Waals surface area contributed by atoms with Gasteiger partial charge in [-0.15, -0.1) is 0 Å². The zero-order valence-electron chi connectivity index (χ0n) is 8.60. The average molecular weight is 244 g/mol. The summed E-state index contributed by atoms with van der Waals surface area (Å²) in [5.41, 5.74) is 1.24. The molecule has 0 bridgehead atoms. The van der Waals surface area contributed by atoms with E-state index in [0.717, 1.165) is 18.9 Å². The van der Waals surface area contributed by atoms with Gasteiger partial charge in [-0.05, 0) is 56.0 Å². The Morgan fingerprint density at radius 1 is 1.20 bits per heavy atom. The molecule has 0 aliphatic heterocycles. The second kappa shape index (κ2) is 5.20. The van der Waals surface area contributed by atoms with E-state index in [0.29, 0.717) is 10.0 Å². The third-order valence-corrected chi connectivity index (χ3v) is 3.44. The molecule has 82 valence electrons. The molecule has 0 aromatic heterocycles. The van der Waals surface area contributed by atoms with Crippen LogP contribution in [0, 0.1) is 5.92 Å². The molecular weight excluding hydrogens is 229 g/mol. The maximum absolute atomic E-state index is 5.93. The van der Waals surface area contributed by atoms with Crippen molar-refractivity contribution in [3.8, 4) is 0 Å². The lowest BCUT2D eigenvalue weighted by atomic mass is 10.1. The molecular formula is C12H15Cl2N. The standard InChI is InChI=1S/C12H15Cl2N/c13-11-4-3-9(7-12(11)14)5-6-15-8-10-1-2-10/h3-4,7,10,15H,1-2,5-6,8H2. The maximum Gasteiger partial charge on any atom is 0.0595 e. The summed E-state index contributed by atoms with van der Waals surface area (Å²) in [7, 11) is 0. The van der Waals surface area contributed by atoms with Crippen LogP contribution in [0.4, 0.5) is 0 Å². The summed E-state index contributed by atoms with van der Waals surface area (Å²) in [4.78, 5) is 0. The Balaban J connectivity index is 1.74. The van der Waals surface area contributed by atoms with Crippen LogP contribution in [0.25, 0.3) is 0 Å². The van der Waals surface area contributed by atoms with Crippen LogP contribution in [0.1, 0.15) is 18.4 Å². The van der Waals surface area contributed by atoms with E-state index in [1.54, 1.807) is 0 Å². The quantitative estimate of drug-likeness (QED) is 0.781. The van der Waals surface area contributed by atoms with Gasteiger partial charge in [0.1, 0.15) is 0 Å². The van der Waals surface area contributed by atoms with Crippen LogP contribution >= 0.6 is 23.2 Å². The monoisotopic (exact) mass is 243 g/mol. The van der Waals surface area contributed by atoms with Crippen LogP contribution in [0.2, 0.25) is 10.0 Å². The Labute approximate surface area is 101 Å². The molecule has 0 heterocycles. The molecule has 0 amide bonds. The molecule has 0 unspecified atom stereocenters. The van der Waals surface area contributed by atoms with Crippen molar-refractivity contribution in [2.75, 3.05) is 13.1 Å². The highest BCUT2D eigenvalue weighted by Gasteiger charge is 2.19. The van der Waals surface area contributed by atoms with Gasteiger partial charge in [-0.3, -0.25) is 0 Å². The van der Waals surface area contributed by atoms with Crippen LogP contribution in [0.5, 0.6) is 0 Å². The van der Waals surface area contributed by atoms with Gasteiger partial charge in [0.15, 0.2) is 0 Å². The summed E-state index contributed by atoms with van der Waals surface area (Å²) in [6, 6.07) is 5.84. The number of benzene rings is 1. The Bertz CT molecular complexity index is 334. The van der Waals surface area contributed by atoms with Gasteiger partial charge in [-0.2, -0.15) is 0 Å². The molecule has 1 fully saturated rings. The van der Waals surface area contributed by atoms with Crippen molar-refractivity contribution in [2.24, 2.45) is 5.92 Å². The van der Waals surface area contributed by atoms with Crippen molar-refractivity contribution in [2.45, 2.75) is 19.3 Å². The lowest BCUT2D eigenvalue weighted by Crippen LogP contribution is -2.19. The first-order chi connectivity index (χ1) is 7.25. The summed E-state index contributed by atoms with van der Waals surface area (Å²) in [5, 5.41) is 4.73. The van der Waals surface area contributed by atoms with Crippen LogP contribution in [-0.2, 0) is 6.42 Å². The van der Waals surface area contributed by atoms with E-state index in [-0.39, 0.29) is 0 Å². The van der Waals surface area contributed by atoms with Crippen molar-refractivity contribution in [1.82, 2.24) is 5.32 Å². The van der Waals surface area contributed by atoms with E-state index >= 15 is 0 Å². The molecule has 1 N–H and O–H groups in total. The summed E-state index contributed by atoms with van der Waals surface area (Å²) in [6.45, 7) is 2.19. The van der Waals surface area contributed by atoms with Gasteiger partial charge in [0.25, 0.3) is 0 Å². The molecule has 1 aromatic rings. The molecule has 1 aliphatic carbocycles. The average Bonchev–Trinajstić information content (AvgIpc) is 3.02. The van der Waals surface area contributed by atoms with Crippen molar-refractivity contribution in [3.63, 3.8) is 0 Å². The molecule has 15 heavy (non-hydrogen) atoms. The van der Waals surface area contributed by atoms with Crippen molar-refractivity contribution in [3.05, 3.63) is 33.8 Å². The summed E-state index contributed by atoms with van der Waals surface area (Å²) >= 11 is 11.8. The van der Waals surface area contributed by atoms with Gasteiger partial charge >= 0.3 is 0 Å². The predicted molar refractivity (Wildman–Crippen MR) is 65.8 cm³/mol. The van der Waals surface area contributed by atoms with Crippen LogP contribution in [0.15, 0.2) is 18.2 Å². The largest absolute Gasteiger partial charge is 0.316 e. The fourth-order valence-corrected chi connectivity index (χ4v) is 1.88. The minimum absolute atomic E-state index is 0.631. The first-order valence-electron chi connectivity index (χ1n) is 5.40. The molecule has 1 aromatic carbocycles. The smallest absolute Gasteiger partial charge is 0.0595 e.